The van der Waals surface area contributed by atoms with E-state index in [-0.39, 0.29) is 10.5 Å². The molecule has 7 nitrogen and oxygen atoms in total. The third-order valence-electron chi connectivity index (χ3n) is 4.25. The fourth-order valence-electron chi connectivity index (χ4n) is 2.59. The molecule has 0 unspecified atom stereocenters. The van der Waals surface area contributed by atoms with Gasteiger partial charge in [-0.15, -0.1) is 0 Å². The number of benzene rings is 2. The van der Waals surface area contributed by atoms with Gasteiger partial charge in [0.05, 0.1) is 10.5 Å². The molecule has 9 heteroatoms. The quantitative estimate of drug-likeness (QED) is 0.634. The lowest BCUT2D eigenvalue weighted by molar-refractivity contribution is 0.0696. The molecular formula is C19H19N3O4S2. The Morgan fingerprint density at radius 3 is 2.43 bits per heavy atom. The second kappa shape index (κ2) is 7.69. The molecule has 0 bridgehead atoms. The summed E-state index contributed by atoms with van der Waals surface area (Å²) in [4.78, 5) is 16.4. The van der Waals surface area contributed by atoms with Crippen LogP contribution in [0.25, 0.3) is 0 Å². The number of carboxylic acids is 1. The Morgan fingerprint density at radius 1 is 1.18 bits per heavy atom. The topological polar surface area (TPSA) is 101 Å². The number of hydrogen-bond acceptors (Lipinski definition) is 5. The van der Waals surface area contributed by atoms with Crippen molar-refractivity contribution in [1.29, 1.82) is 0 Å². The smallest absolute Gasteiger partial charge is 0.335 e. The van der Waals surface area contributed by atoms with Crippen LogP contribution in [-0.2, 0) is 17.1 Å². The third-order valence-corrected chi connectivity index (χ3v) is 6.84. The standard InChI is InChI=1S/C19H19N3O4S2/c1-12-10-14(18(23)24)11-17(13(12)2)28(25,26)21-15-4-6-16(7-5-15)27-19-20-8-9-22(19)3/h4-11,21H,1-3H3,(H,23,24). The Labute approximate surface area is 167 Å². The van der Waals surface area contributed by atoms with Gasteiger partial charge in [0.2, 0.25) is 0 Å². The van der Waals surface area contributed by atoms with Crippen molar-refractivity contribution in [3.63, 3.8) is 0 Å². The van der Waals surface area contributed by atoms with Gasteiger partial charge in [-0.3, -0.25) is 4.72 Å². The predicted molar refractivity (Wildman–Crippen MR) is 107 cm³/mol. The van der Waals surface area contributed by atoms with Gasteiger partial charge in [-0.05, 0) is 61.4 Å². The lowest BCUT2D eigenvalue weighted by Crippen LogP contribution is -2.16. The van der Waals surface area contributed by atoms with E-state index in [1.165, 1.54) is 23.9 Å². The molecule has 28 heavy (non-hydrogen) atoms. The molecule has 0 saturated carbocycles. The molecule has 1 heterocycles. The molecule has 1 aromatic heterocycles. The van der Waals surface area contributed by atoms with E-state index < -0.39 is 16.0 Å². The molecule has 146 valence electrons. The van der Waals surface area contributed by atoms with E-state index >= 15 is 0 Å². The van der Waals surface area contributed by atoms with Crippen LogP contribution in [0.1, 0.15) is 21.5 Å². The summed E-state index contributed by atoms with van der Waals surface area (Å²) in [6.07, 6.45) is 3.56. The zero-order valence-corrected chi connectivity index (χ0v) is 17.1. The number of nitrogens with one attached hydrogen (secondary N) is 1. The van der Waals surface area contributed by atoms with Crippen molar-refractivity contribution < 1.29 is 18.3 Å². The summed E-state index contributed by atoms with van der Waals surface area (Å²) in [5.74, 6) is -1.17. The van der Waals surface area contributed by atoms with Gasteiger partial charge < -0.3 is 9.67 Å². The van der Waals surface area contributed by atoms with Crippen LogP contribution in [0.4, 0.5) is 5.69 Å². The molecule has 2 aromatic carbocycles. The third kappa shape index (κ3) is 4.20. The van der Waals surface area contributed by atoms with Gasteiger partial charge in [0, 0.05) is 30.0 Å². The van der Waals surface area contributed by atoms with E-state index in [1.807, 2.05) is 17.8 Å². The number of nitrogens with zero attached hydrogens (tertiary/aromatic N) is 2. The second-order valence-corrected chi connectivity index (χ2v) is 8.97. The summed E-state index contributed by atoms with van der Waals surface area (Å²) in [7, 11) is -2.03. The minimum Gasteiger partial charge on any atom is -0.478 e. The van der Waals surface area contributed by atoms with Gasteiger partial charge in [-0.2, -0.15) is 0 Å². The molecule has 0 aliphatic rings. The number of aryl methyl sites for hydroxylation is 2. The van der Waals surface area contributed by atoms with Gasteiger partial charge in [0.1, 0.15) is 0 Å². The van der Waals surface area contributed by atoms with Crippen molar-refractivity contribution in [2.45, 2.75) is 28.8 Å². The average Bonchev–Trinajstić information content (AvgIpc) is 3.03. The summed E-state index contributed by atoms with van der Waals surface area (Å²) in [6.45, 7) is 3.34. The minimum absolute atomic E-state index is 0.0450. The van der Waals surface area contributed by atoms with E-state index in [9.17, 15) is 18.3 Å². The molecule has 0 spiro atoms. The van der Waals surface area contributed by atoms with E-state index in [0.717, 1.165) is 10.1 Å². The summed E-state index contributed by atoms with van der Waals surface area (Å²) in [5.41, 5.74) is 1.44. The molecule has 0 aliphatic carbocycles. The predicted octanol–water partition coefficient (Wildman–Crippen LogP) is 3.69. The van der Waals surface area contributed by atoms with Crippen LogP contribution in [0.15, 0.2) is 63.7 Å². The van der Waals surface area contributed by atoms with Crippen molar-refractivity contribution in [3.8, 4) is 0 Å². The van der Waals surface area contributed by atoms with Gasteiger partial charge in [0.25, 0.3) is 10.0 Å². The molecule has 0 fully saturated rings. The molecule has 3 aromatic rings. The fourth-order valence-corrected chi connectivity index (χ4v) is 4.79. The maximum atomic E-state index is 12.8. The first-order chi connectivity index (χ1) is 13.2. The van der Waals surface area contributed by atoms with Crippen LogP contribution in [0.5, 0.6) is 0 Å². The molecule has 2 N–H and O–H groups in total. The van der Waals surface area contributed by atoms with Crippen molar-refractivity contribution in [2.75, 3.05) is 4.72 Å². The maximum absolute atomic E-state index is 12.8. The lowest BCUT2D eigenvalue weighted by atomic mass is 10.1. The van der Waals surface area contributed by atoms with Crippen LogP contribution in [0, 0.1) is 13.8 Å². The zero-order valence-electron chi connectivity index (χ0n) is 15.5. The summed E-state index contributed by atoms with van der Waals surface area (Å²) in [5, 5.41) is 10.0. The van der Waals surface area contributed by atoms with Crippen molar-refractivity contribution in [3.05, 3.63) is 65.5 Å². The molecule has 0 atom stereocenters. The summed E-state index contributed by atoms with van der Waals surface area (Å²) in [6, 6.07) is 9.54. The van der Waals surface area contributed by atoms with Crippen LogP contribution in [0.3, 0.4) is 0 Å². The highest BCUT2D eigenvalue weighted by molar-refractivity contribution is 7.99. The molecule has 0 amide bonds. The average molecular weight is 418 g/mol. The summed E-state index contributed by atoms with van der Waals surface area (Å²) < 4.78 is 30.0. The number of sulfonamides is 1. The first-order valence-corrected chi connectivity index (χ1v) is 10.6. The highest BCUT2D eigenvalue weighted by atomic mass is 32.2. The number of carboxylic acid groups (broad SMARTS) is 1. The van der Waals surface area contributed by atoms with Crippen LogP contribution in [-0.4, -0.2) is 29.0 Å². The molecule has 3 rings (SSSR count). The second-order valence-electron chi connectivity index (χ2n) is 6.27. The van der Waals surface area contributed by atoms with E-state index in [4.69, 9.17) is 0 Å². The first kappa shape index (κ1) is 20.0. The van der Waals surface area contributed by atoms with Gasteiger partial charge in [0.15, 0.2) is 5.16 Å². The molecule has 0 radical (unpaired) electrons. The van der Waals surface area contributed by atoms with Crippen LogP contribution in [0.2, 0.25) is 0 Å². The Balaban J connectivity index is 1.85. The van der Waals surface area contributed by atoms with E-state index in [0.29, 0.717) is 16.8 Å². The van der Waals surface area contributed by atoms with E-state index in [1.54, 1.807) is 44.3 Å². The Morgan fingerprint density at radius 2 is 1.86 bits per heavy atom. The number of hydrogen-bond donors (Lipinski definition) is 2. The van der Waals surface area contributed by atoms with E-state index in [2.05, 4.69) is 9.71 Å². The van der Waals surface area contributed by atoms with Crippen molar-refractivity contribution in [1.82, 2.24) is 9.55 Å². The lowest BCUT2D eigenvalue weighted by Gasteiger charge is -2.13. The number of carbonyl (C=O) groups is 1. The SMILES string of the molecule is Cc1cc(C(=O)O)cc(S(=O)(=O)Nc2ccc(Sc3nccn3C)cc2)c1C. The monoisotopic (exact) mass is 417 g/mol. The molecular weight excluding hydrogens is 398 g/mol. The number of aromatic nitrogens is 2. The maximum Gasteiger partial charge on any atom is 0.335 e. The van der Waals surface area contributed by atoms with Gasteiger partial charge in [-0.1, -0.05) is 11.8 Å². The number of rotatable bonds is 6. The Hall–Kier alpha value is -2.78. The highest BCUT2D eigenvalue weighted by Crippen LogP contribution is 2.28. The van der Waals surface area contributed by atoms with Crippen molar-refractivity contribution >= 4 is 33.4 Å². The fraction of sp³-hybridized carbons (Fsp3) is 0.158. The zero-order chi connectivity index (χ0) is 20.5. The highest BCUT2D eigenvalue weighted by Gasteiger charge is 2.21. The molecule has 0 aliphatic heterocycles. The van der Waals surface area contributed by atoms with Crippen LogP contribution < -0.4 is 4.72 Å². The van der Waals surface area contributed by atoms with Gasteiger partial charge >= 0.3 is 5.97 Å². The number of aromatic carboxylic acids is 1. The summed E-state index contributed by atoms with van der Waals surface area (Å²) >= 11 is 1.46. The Bertz CT molecular complexity index is 1140. The normalized spacial score (nSPS) is 11.4. The van der Waals surface area contributed by atoms with Crippen LogP contribution >= 0.6 is 11.8 Å². The number of anilines is 1. The van der Waals surface area contributed by atoms with Gasteiger partial charge in [-0.25, -0.2) is 18.2 Å². The first-order valence-electron chi connectivity index (χ1n) is 8.30. The minimum atomic E-state index is -3.93. The molecule has 0 saturated heterocycles. The number of imidazole rings is 1. The largest absolute Gasteiger partial charge is 0.478 e. The van der Waals surface area contributed by atoms with Crippen molar-refractivity contribution in [2.24, 2.45) is 7.05 Å². The Kier molecular flexibility index (Phi) is 5.48.